The summed E-state index contributed by atoms with van der Waals surface area (Å²) in [5, 5.41) is 0. The summed E-state index contributed by atoms with van der Waals surface area (Å²) in [6.07, 6.45) is 4.58. The van der Waals surface area contributed by atoms with Crippen LogP contribution in [0.15, 0.2) is 9.98 Å². The number of unbranched alkanes of at least 4 members (excludes halogenated alkanes) is 2. The largest absolute Gasteiger partial charge is 0.370 e. The summed E-state index contributed by atoms with van der Waals surface area (Å²) in [5.74, 6) is 0.754. The van der Waals surface area contributed by atoms with Gasteiger partial charge in [0.25, 0.3) is 0 Å². The van der Waals surface area contributed by atoms with E-state index in [1.807, 2.05) is 6.92 Å². The molecule has 0 saturated heterocycles. The third-order valence-corrected chi connectivity index (χ3v) is 2.37. The van der Waals surface area contributed by atoms with Crippen LogP contribution in [0, 0.1) is 0 Å². The molecule has 0 bridgehead atoms. The van der Waals surface area contributed by atoms with E-state index in [4.69, 9.17) is 11.5 Å². The highest BCUT2D eigenvalue weighted by atomic mass is 15.3. The van der Waals surface area contributed by atoms with Gasteiger partial charge in [-0.05, 0) is 19.8 Å². The van der Waals surface area contributed by atoms with Gasteiger partial charge in [-0.1, -0.05) is 26.7 Å². The average Bonchev–Trinajstić information content (AvgIpc) is 2.28. The third-order valence-electron chi connectivity index (χ3n) is 2.37. The number of nitrogens with zero attached hydrogens (tertiary/aromatic N) is 3. The van der Waals surface area contributed by atoms with E-state index in [0.29, 0.717) is 12.5 Å². The molecule has 100 valence electrons. The van der Waals surface area contributed by atoms with Gasteiger partial charge in [-0.3, -0.25) is 4.99 Å². The summed E-state index contributed by atoms with van der Waals surface area (Å²) in [6.45, 7) is 8.96. The summed E-state index contributed by atoms with van der Waals surface area (Å²) >= 11 is 0. The SMILES string of the molecule is CCCCN(CCCC)C(N=C(N)N)=NCC. The van der Waals surface area contributed by atoms with Crippen LogP contribution in [0.5, 0.6) is 0 Å². The van der Waals surface area contributed by atoms with Crippen molar-refractivity contribution < 1.29 is 0 Å². The molecule has 0 rings (SSSR count). The molecule has 17 heavy (non-hydrogen) atoms. The van der Waals surface area contributed by atoms with Crippen LogP contribution in [-0.2, 0) is 0 Å². The first-order chi connectivity index (χ1) is 8.15. The van der Waals surface area contributed by atoms with Crippen LogP contribution in [0.2, 0.25) is 0 Å². The predicted octanol–water partition coefficient (Wildman–Crippen LogP) is 1.54. The molecule has 0 aromatic carbocycles. The molecule has 0 aromatic heterocycles. The van der Waals surface area contributed by atoms with E-state index in [9.17, 15) is 0 Å². The van der Waals surface area contributed by atoms with Crippen molar-refractivity contribution in [1.82, 2.24) is 4.90 Å². The second kappa shape index (κ2) is 9.93. The topological polar surface area (TPSA) is 80.0 Å². The lowest BCUT2D eigenvalue weighted by atomic mass is 10.3. The molecule has 0 aliphatic rings. The molecule has 0 aliphatic carbocycles. The lowest BCUT2D eigenvalue weighted by Gasteiger charge is -2.23. The van der Waals surface area contributed by atoms with Gasteiger partial charge >= 0.3 is 0 Å². The molecule has 5 heteroatoms. The number of hydrogen-bond acceptors (Lipinski definition) is 1. The molecule has 0 aliphatic heterocycles. The van der Waals surface area contributed by atoms with Crippen molar-refractivity contribution in [2.45, 2.75) is 46.5 Å². The normalized spacial score (nSPS) is 11.4. The first-order valence-electron chi connectivity index (χ1n) is 6.54. The fourth-order valence-electron chi connectivity index (χ4n) is 1.47. The zero-order valence-electron chi connectivity index (χ0n) is 11.4. The van der Waals surface area contributed by atoms with E-state index in [2.05, 4.69) is 28.7 Å². The van der Waals surface area contributed by atoms with Crippen molar-refractivity contribution in [1.29, 1.82) is 0 Å². The highest BCUT2D eigenvalue weighted by Gasteiger charge is 2.09. The van der Waals surface area contributed by atoms with Crippen molar-refractivity contribution in [2.75, 3.05) is 19.6 Å². The van der Waals surface area contributed by atoms with E-state index in [1.54, 1.807) is 0 Å². The van der Waals surface area contributed by atoms with Crippen LogP contribution in [-0.4, -0.2) is 36.5 Å². The Morgan fingerprint density at radius 3 is 1.88 bits per heavy atom. The Morgan fingerprint density at radius 1 is 1.00 bits per heavy atom. The second-order valence-corrected chi connectivity index (χ2v) is 4.01. The van der Waals surface area contributed by atoms with Crippen molar-refractivity contribution in [2.24, 2.45) is 21.5 Å². The van der Waals surface area contributed by atoms with Crippen LogP contribution in [0.25, 0.3) is 0 Å². The van der Waals surface area contributed by atoms with Crippen LogP contribution in [0.1, 0.15) is 46.5 Å². The minimum Gasteiger partial charge on any atom is -0.370 e. The van der Waals surface area contributed by atoms with Gasteiger partial charge in [0.05, 0.1) is 0 Å². The molecule has 0 unspecified atom stereocenters. The van der Waals surface area contributed by atoms with Crippen LogP contribution < -0.4 is 11.5 Å². The molecule has 0 fully saturated rings. The first kappa shape index (κ1) is 15.7. The molecule has 0 radical (unpaired) electrons. The number of nitrogens with two attached hydrogens (primary N) is 2. The Kier molecular flexibility index (Phi) is 9.19. The standard InChI is InChI=1S/C12H27N5/c1-4-7-9-17(10-8-5-2)12(15-6-3)16-11(13)14/h4-10H2,1-3H3,(H4,13,14,15,16). The van der Waals surface area contributed by atoms with Gasteiger partial charge in [-0.15, -0.1) is 0 Å². The molecule has 4 N–H and O–H groups in total. The predicted molar refractivity (Wildman–Crippen MR) is 75.2 cm³/mol. The minimum atomic E-state index is 0.0789. The maximum Gasteiger partial charge on any atom is 0.223 e. The van der Waals surface area contributed by atoms with Crippen LogP contribution in [0.3, 0.4) is 0 Å². The molecule has 0 atom stereocenters. The molecule has 0 heterocycles. The van der Waals surface area contributed by atoms with E-state index in [-0.39, 0.29) is 5.96 Å². The van der Waals surface area contributed by atoms with Gasteiger partial charge in [-0.2, -0.15) is 4.99 Å². The monoisotopic (exact) mass is 241 g/mol. The van der Waals surface area contributed by atoms with Crippen molar-refractivity contribution >= 4 is 11.9 Å². The summed E-state index contributed by atoms with van der Waals surface area (Å²) in [4.78, 5) is 10.7. The third kappa shape index (κ3) is 7.60. The maximum atomic E-state index is 5.44. The summed E-state index contributed by atoms with van der Waals surface area (Å²) < 4.78 is 0. The van der Waals surface area contributed by atoms with Crippen LogP contribution >= 0.6 is 0 Å². The summed E-state index contributed by atoms with van der Waals surface area (Å²) in [7, 11) is 0. The van der Waals surface area contributed by atoms with Gasteiger partial charge in [-0.25, -0.2) is 0 Å². The molecule has 5 nitrogen and oxygen atoms in total. The Morgan fingerprint density at radius 2 is 1.53 bits per heavy atom. The second-order valence-electron chi connectivity index (χ2n) is 4.01. The Bertz CT molecular complexity index is 235. The van der Waals surface area contributed by atoms with Gasteiger partial charge in [0.15, 0.2) is 5.96 Å². The van der Waals surface area contributed by atoms with E-state index >= 15 is 0 Å². The van der Waals surface area contributed by atoms with Crippen molar-refractivity contribution in [3.8, 4) is 0 Å². The van der Waals surface area contributed by atoms with Crippen molar-refractivity contribution in [3.63, 3.8) is 0 Å². The highest BCUT2D eigenvalue weighted by molar-refractivity contribution is 5.93. The zero-order chi connectivity index (χ0) is 13.1. The molecule has 0 amide bonds. The van der Waals surface area contributed by atoms with Gasteiger partial charge in [0, 0.05) is 19.6 Å². The van der Waals surface area contributed by atoms with E-state index in [0.717, 1.165) is 38.8 Å². The molecule has 0 saturated carbocycles. The average molecular weight is 241 g/mol. The van der Waals surface area contributed by atoms with Crippen molar-refractivity contribution in [3.05, 3.63) is 0 Å². The smallest absolute Gasteiger partial charge is 0.223 e. The first-order valence-corrected chi connectivity index (χ1v) is 6.54. The summed E-state index contributed by atoms with van der Waals surface area (Å²) in [6, 6.07) is 0. The maximum absolute atomic E-state index is 5.44. The van der Waals surface area contributed by atoms with E-state index in [1.165, 1.54) is 0 Å². The quantitative estimate of drug-likeness (QED) is 0.524. The lowest BCUT2D eigenvalue weighted by molar-refractivity contribution is 0.393. The Balaban J connectivity index is 4.67. The zero-order valence-corrected chi connectivity index (χ0v) is 11.4. The van der Waals surface area contributed by atoms with Gasteiger partial charge in [0.1, 0.15) is 0 Å². The molecular formula is C12H27N5. The number of guanidine groups is 2. The minimum absolute atomic E-state index is 0.0789. The molecule has 0 spiro atoms. The fraction of sp³-hybridized carbons (Fsp3) is 0.833. The van der Waals surface area contributed by atoms with Crippen LogP contribution in [0.4, 0.5) is 0 Å². The Hall–Kier alpha value is -1.26. The number of hydrogen-bond donors (Lipinski definition) is 2. The van der Waals surface area contributed by atoms with Gasteiger partial charge < -0.3 is 16.4 Å². The molecular weight excluding hydrogens is 214 g/mol. The fourth-order valence-corrected chi connectivity index (χ4v) is 1.47. The highest BCUT2D eigenvalue weighted by Crippen LogP contribution is 2.02. The summed E-state index contributed by atoms with van der Waals surface area (Å²) in [5.41, 5.74) is 10.9. The van der Waals surface area contributed by atoms with E-state index < -0.39 is 0 Å². The number of aliphatic imine (C=N–C) groups is 2. The molecule has 0 aromatic rings. The number of rotatable bonds is 7. The van der Waals surface area contributed by atoms with Gasteiger partial charge in [0.2, 0.25) is 5.96 Å². The Labute approximate surface area is 105 Å². The lowest BCUT2D eigenvalue weighted by Crippen LogP contribution is -2.35.